The third-order valence-electron chi connectivity index (χ3n) is 2.86. The number of methoxy groups -OCH3 is 3. The van der Waals surface area contributed by atoms with E-state index in [1.165, 1.54) is 0 Å². The van der Waals surface area contributed by atoms with Gasteiger partial charge in [-0.2, -0.15) is 0 Å². The molecule has 0 saturated heterocycles. The van der Waals surface area contributed by atoms with E-state index in [-0.39, 0.29) is 18.3 Å². The molecular weight excluding hydrogens is 294 g/mol. The summed E-state index contributed by atoms with van der Waals surface area (Å²) in [7, 11) is 4.71. The average Bonchev–Trinajstić information content (AvgIpc) is 2.46. The van der Waals surface area contributed by atoms with Crippen LogP contribution in [0.3, 0.4) is 0 Å². The molecule has 0 radical (unpaired) electrons. The van der Waals surface area contributed by atoms with Gasteiger partial charge in [-0.05, 0) is 24.1 Å². The van der Waals surface area contributed by atoms with E-state index >= 15 is 0 Å². The molecule has 0 unspecified atom stereocenters. The highest BCUT2D eigenvalue weighted by atomic mass is 35.5. The normalized spacial score (nSPS) is 9.52. The van der Waals surface area contributed by atoms with Crippen molar-refractivity contribution in [2.24, 2.45) is 0 Å². The van der Waals surface area contributed by atoms with Gasteiger partial charge in [-0.1, -0.05) is 13.3 Å². The molecule has 1 aromatic rings. The van der Waals surface area contributed by atoms with Crippen LogP contribution in [0.15, 0.2) is 12.1 Å². The van der Waals surface area contributed by atoms with Crippen LogP contribution in [0.25, 0.3) is 0 Å². The summed E-state index contributed by atoms with van der Waals surface area (Å²) < 4.78 is 21.2. The molecule has 6 heteroatoms. The molecule has 0 bridgehead atoms. The molecule has 0 saturated carbocycles. The van der Waals surface area contributed by atoms with E-state index in [0.29, 0.717) is 30.3 Å². The van der Waals surface area contributed by atoms with E-state index in [4.69, 9.17) is 24.4 Å². The van der Waals surface area contributed by atoms with Gasteiger partial charge in [0.1, 0.15) is 0 Å². The Morgan fingerprint density at radius 1 is 1.05 bits per heavy atom. The number of hydrogen-bond acceptors (Lipinski definition) is 5. The Morgan fingerprint density at radius 2 is 1.62 bits per heavy atom. The maximum Gasteiger partial charge on any atom is 0.203 e. The van der Waals surface area contributed by atoms with Gasteiger partial charge in [0.2, 0.25) is 5.75 Å². The number of benzene rings is 1. The van der Waals surface area contributed by atoms with Crippen molar-refractivity contribution in [1.82, 2.24) is 0 Å². The molecule has 0 aliphatic rings. The molecule has 0 amide bonds. The molecule has 0 aromatic heterocycles. The molecule has 0 fully saturated rings. The lowest BCUT2D eigenvalue weighted by Gasteiger charge is -2.14. The molecular formula is C15H24ClNO4. The zero-order valence-corrected chi connectivity index (χ0v) is 13.8. The van der Waals surface area contributed by atoms with Crippen LogP contribution in [-0.2, 0) is 11.2 Å². The zero-order valence-electron chi connectivity index (χ0n) is 13.0. The summed E-state index contributed by atoms with van der Waals surface area (Å²) in [5.74, 6) is 1.97. The number of halogens is 1. The number of unbranched alkanes of at least 4 members (excludes halogenated alkanes) is 1. The van der Waals surface area contributed by atoms with Crippen molar-refractivity contribution in [2.45, 2.75) is 26.2 Å². The second kappa shape index (κ2) is 10.2. The fourth-order valence-electron chi connectivity index (χ4n) is 1.81. The zero-order chi connectivity index (χ0) is 15.0. The molecule has 21 heavy (non-hydrogen) atoms. The Bertz CT molecular complexity index is 426. The molecule has 1 aromatic carbocycles. The lowest BCUT2D eigenvalue weighted by atomic mass is 10.1. The Hall–Kier alpha value is -1.62. The van der Waals surface area contributed by atoms with Crippen LogP contribution in [0.5, 0.6) is 17.2 Å². The van der Waals surface area contributed by atoms with Crippen LogP contribution < -0.4 is 14.2 Å². The second-order valence-electron chi connectivity index (χ2n) is 4.34. The van der Waals surface area contributed by atoms with Gasteiger partial charge in [-0.25, -0.2) is 0 Å². The van der Waals surface area contributed by atoms with E-state index in [1.807, 2.05) is 12.1 Å². The second-order valence-corrected chi connectivity index (χ2v) is 4.34. The molecule has 0 heterocycles. The summed E-state index contributed by atoms with van der Waals surface area (Å²) in [6.07, 6.45) is 2.41. The topological polar surface area (TPSA) is 60.8 Å². The largest absolute Gasteiger partial charge is 0.493 e. The van der Waals surface area contributed by atoms with Crippen molar-refractivity contribution in [3.63, 3.8) is 0 Å². The molecule has 5 nitrogen and oxygen atoms in total. The smallest absolute Gasteiger partial charge is 0.203 e. The fourth-order valence-corrected chi connectivity index (χ4v) is 1.81. The van der Waals surface area contributed by atoms with Crippen LogP contribution in [0, 0.1) is 5.41 Å². The quantitative estimate of drug-likeness (QED) is 0.453. The minimum Gasteiger partial charge on any atom is -0.493 e. The van der Waals surface area contributed by atoms with Crippen LogP contribution in [-0.4, -0.2) is 33.8 Å². The van der Waals surface area contributed by atoms with Gasteiger partial charge in [0.15, 0.2) is 17.4 Å². The SMILES string of the molecule is CCCCOC(=N)Cc1cc(OC)c(OC)c(OC)c1.Cl. The Kier molecular flexibility index (Phi) is 9.37. The summed E-state index contributed by atoms with van der Waals surface area (Å²) in [6, 6.07) is 3.66. The van der Waals surface area contributed by atoms with Gasteiger partial charge < -0.3 is 18.9 Å². The van der Waals surface area contributed by atoms with E-state index in [2.05, 4.69) is 6.92 Å². The highest BCUT2D eigenvalue weighted by Crippen LogP contribution is 2.38. The van der Waals surface area contributed by atoms with Gasteiger partial charge in [-0.3, -0.25) is 5.41 Å². The van der Waals surface area contributed by atoms with Gasteiger partial charge in [0.05, 0.1) is 27.9 Å². The van der Waals surface area contributed by atoms with Crippen molar-refractivity contribution in [3.05, 3.63) is 17.7 Å². The molecule has 120 valence electrons. The van der Waals surface area contributed by atoms with Crippen LogP contribution in [0.4, 0.5) is 0 Å². The summed E-state index contributed by atoms with van der Waals surface area (Å²) in [4.78, 5) is 0. The third-order valence-corrected chi connectivity index (χ3v) is 2.86. The van der Waals surface area contributed by atoms with E-state index in [0.717, 1.165) is 18.4 Å². The van der Waals surface area contributed by atoms with E-state index in [1.54, 1.807) is 21.3 Å². The van der Waals surface area contributed by atoms with E-state index in [9.17, 15) is 0 Å². The minimum atomic E-state index is 0. The standard InChI is InChI=1S/C15H23NO4.ClH/c1-5-6-7-20-14(16)10-11-8-12(17-2)15(19-4)13(9-11)18-3;/h8-9,16H,5-7,10H2,1-4H3;1H. The summed E-state index contributed by atoms with van der Waals surface area (Å²) in [5, 5.41) is 7.82. The Balaban J connectivity index is 0.00000400. The van der Waals surface area contributed by atoms with Crippen LogP contribution in [0.1, 0.15) is 25.3 Å². The van der Waals surface area contributed by atoms with Crippen LogP contribution in [0.2, 0.25) is 0 Å². The summed E-state index contributed by atoms with van der Waals surface area (Å²) >= 11 is 0. The predicted octanol–water partition coefficient (Wildman–Crippen LogP) is 3.47. The minimum absolute atomic E-state index is 0. The van der Waals surface area contributed by atoms with E-state index < -0.39 is 0 Å². The highest BCUT2D eigenvalue weighted by Gasteiger charge is 2.14. The van der Waals surface area contributed by atoms with Crippen molar-refractivity contribution in [1.29, 1.82) is 5.41 Å². The number of ether oxygens (including phenoxy) is 4. The first-order valence-corrected chi connectivity index (χ1v) is 6.65. The van der Waals surface area contributed by atoms with Crippen molar-refractivity contribution >= 4 is 18.3 Å². The average molecular weight is 318 g/mol. The Labute approximate surface area is 132 Å². The molecule has 0 aliphatic carbocycles. The molecule has 0 atom stereocenters. The monoisotopic (exact) mass is 317 g/mol. The first-order valence-electron chi connectivity index (χ1n) is 6.65. The number of nitrogens with one attached hydrogen (secondary N) is 1. The predicted molar refractivity (Wildman–Crippen MR) is 85.6 cm³/mol. The van der Waals surface area contributed by atoms with Gasteiger partial charge in [-0.15, -0.1) is 12.4 Å². The van der Waals surface area contributed by atoms with Crippen molar-refractivity contribution in [2.75, 3.05) is 27.9 Å². The number of rotatable bonds is 8. The summed E-state index contributed by atoms with van der Waals surface area (Å²) in [6.45, 7) is 2.67. The summed E-state index contributed by atoms with van der Waals surface area (Å²) in [5.41, 5.74) is 0.890. The Morgan fingerprint density at radius 3 is 2.05 bits per heavy atom. The number of hydrogen-bond donors (Lipinski definition) is 1. The van der Waals surface area contributed by atoms with Gasteiger partial charge >= 0.3 is 0 Å². The fraction of sp³-hybridized carbons (Fsp3) is 0.533. The highest BCUT2D eigenvalue weighted by molar-refractivity contribution is 5.85. The van der Waals surface area contributed by atoms with Crippen LogP contribution >= 0.6 is 12.4 Å². The molecule has 0 spiro atoms. The lowest BCUT2D eigenvalue weighted by Crippen LogP contribution is -2.08. The van der Waals surface area contributed by atoms with Crippen molar-refractivity contribution < 1.29 is 18.9 Å². The van der Waals surface area contributed by atoms with Gasteiger partial charge in [0.25, 0.3) is 0 Å². The third kappa shape index (κ3) is 5.71. The first-order chi connectivity index (χ1) is 9.65. The molecule has 0 aliphatic heterocycles. The maximum absolute atomic E-state index is 7.82. The molecule has 1 N–H and O–H groups in total. The first kappa shape index (κ1) is 19.4. The van der Waals surface area contributed by atoms with Gasteiger partial charge in [0, 0.05) is 6.42 Å². The molecule has 1 rings (SSSR count). The maximum atomic E-state index is 7.82. The lowest BCUT2D eigenvalue weighted by molar-refractivity contribution is 0.287. The van der Waals surface area contributed by atoms with Crippen molar-refractivity contribution in [3.8, 4) is 17.2 Å².